The van der Waals surface area contributed by atoms with E-state index in [0.29, 0.717) is 0 Å². The van der Waals surface area contributed by atoms with Gasteiger partial charge in [0.05, 0.1) is 5.52 Å². The standard InChI is InChI=1S/C18H22N5.ClH/c1-22-12-3-2-6-14(22)10-11-20-18-17(19)16-9-8-13-5-4-7-15(13)23(16)21-18;/h2-3,6,8-9,12H,4-5,7,10-11,19H2,1H3,(H,20,21);1H/q+1;/p-1. The molecule has 3 N–H and O–H groups in total. The quantitative estimate of drug-likeness (QED) is 0.591. The molecule has 0 unspecified atom stereocenters. The molecule has 3 aromatic rings. The molecule has 5 nitrogen and oxygen atoms in total. The number of nitrogen functional groups attached to an aromatic ring is 1. The average Bonchev–Trinajstić information content (AvgIpc) is 3.14. The van der Waals surface area contributed by atoms with E-state index in [0.717, 1.165) is 42.8 Å². The molecule has 0 atom stereocenters. The predicted molar refractivity (Wildman–Crippen MR) is 91.4 cm³/mol. The summed E-state index contributed by atoms with van der Waals surface area (Å²) in [6, 6.07) is 10.5. The summed E-state index contributed by atoms with van der Waals surface area (Å²) in [6.45, 7) is 0.814. The van der Waals surface area contributed by atoms with Crippen molar-refractivity contribution in [3.8, 4) is 0 Å². The van der Waals surface area contributed by atoms with Crippen LogP contribution in [-0.2, 0) is 26.3 Å². The molecule has 1 aliphatic rings. The van der Waals surface area contributed by atoms with Gasteiger partial charge in [-0.15, -0.1) is 5.10 Å². The van der Waals surface area contributed by atoms with Crippen LogP contribution in [0.15, 0.2) is 36.5 Å². The van der Waals surface area contributed by atoms with Crippen molar-refractivity contribution in [2.75, 3.05) is 17.6 Å². The summed E-state index contributed by atoms with van der Waals surface area (Å²) in [5.74, 6) is 0.795. The highest BCUT2D eigenvalue weighted by atomic mass is 35.5. The molecule has 0 bridgehead atoms. The van der Waals surface area contributed by atoms with Crippen molar-refractivity contribution in [2.45, 2.75) is 25.7 Å². The van der Waals surface area contributed by atoms with E-state index in [1.54, 1.807) is 0 Å². The van der Waals surface area contributed by atoms with Crippen LogP contribution in [0.1, 0.15) is 23.4 Å². The molecule has 0 aromatic carbocycles. The van der Waals surface area contributed by atoms with Crippen LogP contribution < -0.4 is 28.0 Å². The number of rotatable bonds is 4. The Kier molecular flexibility index (Phi) is 4.62. The molecular weight excluding hydrogens is 322 g/mol. The molecule has 0 saturated heterocycles. The highest BCUT2D eigenvalue weighted by molar-refractivity contribution is 5.81. The van der Waals surface area contributed by atoms with Gasteiger partial charge in [-0.2, -0.15) is 0 Å². The minimum Gasteiger partial charge on any atom is -1.00 e. The number of aromatic nitrogens is 3. The second kappa shape index (κ2) is 6.69. The van der Waals surface area contributed by atoms with E-state index in [4.69, 9.17) is 10.8 Å². The minimum atomic E-state index is 0. The number of nitrogens with zero attached hydrogens (tertiary/aromatic N) is 3. The SMILES string of the molecule is C[n+]1ccccc1CCNc1nn2c3c(ccc2c1N)CCC3.[Cl-]. The van der Waals surface area contributed by atoms with Gasteiger partial charge in [0, 0.05) is 30.8 Å². The number of fused-ring (bicyclic) bond motifs is 3. The van der Waals surface area contributed by atoms with Gasteiger partial charge in [-0.05, 0) is 30.9 Å². The van der Waals surface area contributed by atoms with Crippen molar-refractivity contribution in [3.63, 3.8) is 0 Å². The van der Waals surface area contributed by atoms with Gasteiger partial charge in [0.15, 0.2) is 17.7 Å². The van der Waals surface area contributed by atoms with Gasteiger partial charge in [0.25, 0.3) is 0 Å². The van der Waals surface area contributed by atoms with Crippen LogP contribution in [0, 0.1) is 0 Å². The number of nitrogens with two attached hydrogens (primary N) is 1. The zero-order valence-electron chi connectivity index (χ0n) is 13.8. The molecule has 0 spiro atoms. The summed E-state index contributed by atoms with van der Waals surface area (Å²) in [4.78, 5) is 0. The maximum atomic E-state index is 6.29. The maximum Gasteiger partial charge on any atom is 0.182 e. The van der Waals surface area contributed by atoms with E-state index >= 15 is 0 Å². The summed E-state index contributed by atoms with van der Waals surface area (Å²) < 4.78 is 4.17. The lowest BCUT2D eigenvalue weighted by Gasteiger charge is -2.03. The lowest BCUT2D eigenvalue weighted by atomic mass is 10.2. The van der Waals surface area contributed by atoms with Crippen LogP contribution in [0.3, 0.4) is 0 Å². The molecule has 0 radical (unpaired) electrons. The van der Waals surface area contributed by atoms with Gasteiger partial charge >= 0.3 is 0 Å². The van der Waals surface area contributed by atoms with E-state index in [9.17, 15) is 0 Å². The largest absolute Gasteiger partial charge is 1.00 e. The lowest BCUT2D eigenvalue weighted by Crippen LogP contribution is -3.00. The van der Waals surface area contributed by atoms with Crippen LogP contribution in [-0.4, -0.2) is 16.2 Å². The van der Waals surface area contributed by atoms with Crippen LogP contribution in [0.25, 0.3) is 5.52 Å². The van der Waals surface area contributed by atoms with Gasteiger partial charge in [0.1, 0.15) is 12.7 Å². The van der Waals surface area contributed by atoms with Crippen molar-refractivity contribution >= 4 is 17.0 Å². The smallest absolute Gasteiger partial charge is 0.182 e. The molecule has 24 heavy (non-hydrogen) atoms. The average molecular weight is 344 g/mol. The summed E-state index contributed by atoms with van der Waals surface area (Å²) in [6.07, 6.45) is 6.45. The molecule has 4 rings (SSSR count). The molecule has 0 saturated carbocycles. The Labute approximate surface area is 147 Å². The van der Waals surface area contributed by atoms with Gasteiger partial charge in [-0.1, -0.05) is 12.1 Å². The first kappa shape index (κ1) is 16.6. The first-order valence-corrected chi connectivity index (χ1v) is 8.20. The first-order chi connectivity index (χ1) is 11.2. The topological polar surface area (TPSA) is 59.2 Å². The fraction of sp³-hybridized carbons (Fsp3) is 0.333. The number of anilines is 2. The van der Waals surface area contributed by atoms with Crippen LogP contribution in [0.4, 0.5) is 11.5 Å². The first-order valence-electron chi connectivity index (χ1n) is 8.20. The molecule has 3 aromatic heterocycles. The fourth-order valence-corrected chi connectivity index (χ4v) is 3.42. The monoisotopic (exact) mass is 343 g/mol. The Morgan fingerprint density at radius 3 is 2.96 bits per heavy atom. The third-order valence-electron chi connectivity index (χ3n) is 4.72. The maximum absolute atomic E-state index is 6.29. The van der Waals surface area contributed by atoms with Crippen LogP contribution in [0.5, 0.6) is 0 Å². The molecule has 126 valence electrons. The molecule has 0 fully saturated rings. The summed E-state index contributed by atoms with van der Waals surface area (Å²) in [5.41, 5.74) is 12.1. The number of halogens is 1. The lowest BCUT2D eigenvalue weighted by molar-refractivity contribution is -0.679. The Bertz CT molecular complexity index is 871. The van der Waals surface area contributed by atoms with E-state index in [2.05, 4.69) is 47.4 Å². The van der Waals surface area contributed by atoms with Gasteiger partial charge in [-0.25, -0.2) is 9.08 Å². The van der Waals surface area contributed by atoms with Gasteiger partial charge in [0.2, 0.25) is 0 Å². The number of aryl methyl sites for hydroxylation is 3. The van der Waals surface area contributed by atoms with E-state index in [1.807, 2.05) is 10.6 Å². The van der Waals surface area contributed by atoms with Crippen molar-refractivity contribution in [3.05, 3.63) is 53.5 Å². The molecule has 3 heterocycles. The van der Waals surface area contributed by atoms with Crippen molar-refractivity contribution in [1.82, 2.24) is 9.61 Å². The summed E-state index contributed by atoms with van der Waals surface area (Å²) >= 11 is 0. The van der Waals surface area contributed by atoms with Crippen molar-refractivity contribution in [1.29, 1.82) is 0 Å². The van der Waals surface area contributed by atoms with Crippen LogP contribution >= 0.6 is 0 Å². The Balaban J connectivity index is 0.00000169. The van der Waals surface area contributed by atoms with E-state index < -0.39 is 0 Å². The molecule has 0 amide bonds. The Morgan fingerprint density at radius 1 is 1.25 bits per heavy atom. The van der Waals surface area contributed by atoms with Crippen molar-refractivity contribution in [2.24, 2.45) is 7.05 Å². The highest BCUT2D eigenvalue weighted by Crippen LogP contribution is 2.29. The molecule has 1 aliphatic carbocycles. The summed E-state index contributed by atoms with van der Waals surface area (Å²) in [5, 5.41) is 8.11. The number of pyridine rings is 2. The third kappa shape index (κ3) is 2.80. The third-order valence-corrected chi connectivity index (χ3v) is 4.72. The van der Waals surface area contributed by atoms with E-state index in [-0.39, 0.29) is 12.4 Å². The Hall–Kier alpha value is -2.27. The number of hydrogen-bond acceptors (Lipinski definition) is 3. The van der Waals surface area contributed by atoms with Crippen molar-refractivity contribution < 1.29 is 17.0 Å². The minimum absolute atomic E-state index is 0. The highest BCUT2D eigenvalue weighted by Gasteiger charge is 2.18. The molecular formula is C18H22ClN5. The van der Waals surface area contributed by atoms with Gasteiger partial charge < -0.3 is 23.5 Å². The predicted octanol–water partition coefficient (Wildman–Crippen LogP) is -1.11. The number of hydrogen-bond donors (Lipinski definition) is 2. The fourth-order valence-electron chi connectivity index (χ4n) is 3.42. The normalized spacial score (nSPS) is 12.9. The van der Waals surface area contributed by atoms with Crippen LogP contribution in [0.2, 0.25) is 0 Å². The second-order valence-corrected chi connectivity index (χ2v) is 6.20. The van der Waals surface area contributed by atoms with Gasteiger partial charge in [-0.3, -0.25) is 0 Å². The Morgan fingerprint density at radius 2 is 2.12 bits per heavy atom. The van der Waals surface area contributed by atoms with E-state index in [1.165, 1.54) is 23.4 Å². The number of nitrogens with one attached hydrogen (secondary N) is 1. The zero-order chi connectivity index (χ0) is 15.8. The molecule has 6 heteroatoms. The molecule has 0 aliphatic heterocycles. The summed E-state index contributed by atoms with van der Waals surface area (Å²) in [7, 11) is 2.07. The second-order valence-electron chi connectivity index (χ2n) is 6.20. The zero-order valence-corrected chi connectivity index (χ0v) is 14.6.